The number of methoxy groups -OCH3 is 2. The number of aliphatic hydroxyl groups excluding tert-OH is 1. The van der Waals surface area contributed by atoms with Gasteiger partial charge >= 0.3 is 0 Å². The minimum Gasteiger partial charge on any atom is -0.493 e. The van der Waals surface area contributed by atoms with E-state index in [2.05, 4.69) is 5.32 Å². The van der Waals surface area contributed by atoms with Crippen LogP contribution < -0.4 is 14.8 Å². The molecule has 2 amide bonds. The van der Waals surface area contributed by atoms with E-state index >= 15 is 0 Å². The number of hydrogen-bond acceptors (Lipinski definition) is 5. The van der Waals surface area contributed by atoms with Crippen LogP contribution in [0.1, 0.15) is 18.1 Å². The molecule has 1 atom stereocenters. The fourth-order valence-corrected chi connectivity index (χ4v) is 2.42. The Morgan fingerprint density at radius 3 is 2.62 bits per heavy atom. The zero-order chi connectivity index (χ0) is 17.7. The maximum atomic E-state index is 12.4. The summed E-state index contributed by atoms with van der Waals surface area (Å²) in [6.07, 6.45) is 3.51. The molecular formula is C17H22N2O5. The first-order valence-electron chi connectivity index (χ1n) is 7.61. The van der Waals surface area contributed by atoms with Crippen LogP contribution in [0.25, 0.3) is 6.08 Å². The quantitative estimate of drug-likeness (QED) is 0.793. The van der Waals surface area contributed by atoms with E-state index in [1.54, 1.807) is 38.4 Å². The minimum absolute atomic E-state index is 0.0953. The summed E-state index contributed by atoms with van der Waals surface area (Å²) in [5.41, 5.74) is 1.65. The fourth-order valence-electron chi connectivity index (χ4n) is 2.42. The number of hydrogen-bond donors (Lipinski definition) is 2. The van der Waals surface area contributed by atoms with Crippen LogP contribution in [0.4, 0.5) is 0 Å². The molecule has 0 spiro atoms. The fraction of sp³-hybridized carbons (Fsp3) is 0.412. The van der Waals surface area contributed by atoms with E-state index in [1.807, 2.05) is 0 Å². The van der Waals surface area contributed by atoms with Gasteiger partial charge < -0.3 is 24.8 Å². The van der Waals surface area contributed by atoms with Gasteiger partial charge in [-0.2, -0.15) is 0 Å². The van der Waals surface area contributed by atoms with Gasteiger partial charge in [0.25, 0.3) is 0 Å². The average molecular weight is 334 g/mol. The van der Waals surface area contributed by atoms with E-state index in [0.29, 0.717) is 11.5 Å². The lowest BCUT2D eigenvalue weighted by Gasteiger charge is -2.18. The summed E-state index contributed by atoms with van der Waals surface area (Å²) in [6, 6.07) is 3.22. The summed E-state index contributed by atoms with van der Waals surface area (Å²) < 4.78 is 10.5. The van der Waals surface area contributed by atoms with Crippen LogP contribution in [0, 0.1) is 0 Å². The highest BCUT2D eigenvalue weighted by atomic mass is 16.5. The first-order valence-corrected chi connectivity index (χ1v) is 7.61. The van der Waals surface area contributed by atoms with Gasteiger partial charge in [0.2, 0.25) is 11.8 Å². The number of aliphatic hydroxyl groups is 1. The highest BCUT2D eigenvalue weighted by molar-refractivity contribution is 5.89. The molecule has 0 unspecified atom stereocenters. The molecule has 0 aliphatic carbocycles. The van der Waals surface area contributed by atoms with E-state index in [0.717, 1.165) is 11.1 Å². The summed E-state index contributed by atoms with van der Waals surface area (Å²) in [5.74, 6) is 0.622. The van der Waals surface area contributed by atoms with E-state index in [-0.39, 0.29) is 37.4 Å². The Labute approximate surface area is 140 Å². The number of benzene rings is 1. The topological polar surface area (TPSA) is 88.1 Å². The number of amides is 2. The molecule has 130 valence electrons. The van der Waals surface area contributed by atoms with Crippen molar-refractivity contribution in [1.29, 1.82) is 0 Å². The van der Waals surface area contributed by atoms with Crippen LogP contribution in [0.2, 0.25) is 0 Å². The largest absolute Gasteiger partial charge is 0.493 e. The highest BCUT2D eigenvalue weighted by Gasteiger charge is 2.21. The van der Waals surface area contributed by atoms with Crippen molar-refractivity contribution in [3.05, 3.63) is 29.5 Å². The van der Waals surface area contributed by atoms with Crippen molar-refractivity contribution < 1.29 is 24.2 Å². The zero-order valence-corrected chi connectivity index (χ0v) is 14.0. The van der Waals surface area contributed by atoms with Gasteiger partial charge in [-0.15, -0.1) is 0 Å². The Balaban J connectivity index is 2.18. The number of nitrogens with zero attached hydrogens (tertiary/aromatic N) is 1. The van der Waals surface area contributed by atoms with Crippen LogP contribution in [-0.4, -0.2) is 55.2 Å². The molecule has 0 radical (unpaired) electrons. The lowest BCUT2D eigenvalue weighted by Crippen LogP contribution is -2.42. The van der Waals surface area contributed by atoms with Gasteiger partial charge in [0.15, 0.2) is 11.5 Å². The second-order valence-electron chi connectivity index (χ2n) is 5.57. The molecule has 2 N–H and O–H groups in total. The summed E-state index contributed by atoms with van der Waals surface area (Å²) in [5, 5.41) is 11.6. The van der Waals surface area contributed by atoms with E-state index in [9.17, 15) is 9.59 Å². The highest BCUT2D eigenvalue weighted by Crippen LogP contribution is 2.32. The van der Waals surface area contributed by atoms with Crippen molar-refractivity contribution >= 4 is 17.9 Å². The molecule has 0 saturated heterocycles. The third-order valence-electron chi connectivity index (χ3n) is 3.74. The summed E-state index contributed by atoms with van der Waals surface area (Å²) >= 11 is 0. The molecule has 0 bridgehead atoms. The average Bonchev–Trinajstić information content (AvgIpc) is 2.72. The van der Waals surface area contributed by atoms with E-state index < -0.39 is 0 Å². The smallest absolute Gasteiger partial charge is 0.240 e. The molecule has 1 heterocycles. The molecule has 1 aliphatic heterocycles. The third kappa shape index (κ3) is 4.05. The van der Waals surface area contributed by atoms with Gasteiger partial charge in [0.05, 0.1) is 27.2 Å². The molecule has 24 heavy (non-hydrogen) atoms. The Kier molecular flexibility index (Phi) is 5.81. The number of carbonyl (C=O) groups excluding carboxylic acids is 2. The predicted octanol–water partition coefficient (Wildman–Crippen LogP) is 0.556. The maximum Gasteiger partial charge on any atom is 0.240 e. The van der Waals surface area contributed by atoms with Crippen LogP contribution >= 0.6 is 0 Å². The Morgan fingerprint density at radius 1 is 1.33 bits per heavy atom. The number of rotatable bonds is 6. The first-order chi connectivity index (χ1) is 11.5. The van der Waals surface area contributed by atoms with Crippen LogP contribution in [-0.2, 0) is 16.0 Å². The number of ether oxygens (including phenoxy) is 2. The second kappa shape index (κ2) is 7.83. The van der Waals surface area contributed by atoms with Crippen molar-refractivity contribution in [2.75, 3.05) is 27.4 Å². The molecule has 0 aromatic heterocycles. The number of carbonyl (C=O) groups is 2. The van der Waals surface area contributed by atoms with Crippen molar-refractivity contribution in [2.24, 2.45) is 0 Å². The van der Waals surface area contributed by atoms with Crippen molar-refractivity contribution in [1.82, 2.24) is 10.2 Å². The van der Waals surface area contributed by atoms with E-state index in [4.69, 9.17) is 14.6 Å². The molecule has 1 aromatic rings. The zero-order valence-electron chi connectivity index (χ0n) is 14.0. The standard InChI is InChI=1S/C17H22N2O5/c1-11(10-20)18-16(21)9-19-5-4-12-6-14(23-2)15(24-3)7-13(12)8-17(19)22/h4-7,11,20H,8-10H2,1-3H3,(H,18,21)/t11-/m0/s1. The van der Waals surface area contributed by atoms with Crippen molar-refractivity contribution in [3.8, 4) is 11.5 Å². The number of fused-ring (bicyclic) bond motifs is 1. The third-order valence-corrected chi connectivity index (χ3v) is 3.74. The first kappa shape index (κ1) is 17.8. The van der Waals surface area contributed by atoms with Gasteiger partial charge in [-0.3, -0.25) is 9.59 Å². The maximum absolute atomic E-state index is 12.4. The second-order valence-corrected chi connectivity index (χ2v) is 5.57. The van der Waals surface area contributed by atoms with Gasteiger partial charge in [-0.1, -0.05) is 0 Å². The van der Waals surface area contributed by atoms with Crippen molar-refractivity contribution in [3.63, 3.8) is 0 Å². The van der Waals surface area contributed by atoms with Gasteiger partial charge in [0, 0.05) is 12.2 Å². The van der Waals surface area contributed by atoms with Gasteiger partial charge in [-0.25, -0.2) is 0 Å². The molecule has 7 nitrogen and oxygen atoms in total. The number of nitrogens with one attached hydrogen (secondary N) is 1. The molecule has 7 heteroatoms. The van der Waals surface area contributed by atoms with Crippen LogP contribution in [0.3, 0.4) is 0 Å². The summed E-state index contributed by atoms with van der Waals surface area (Å²) in [6.45, 7) is 1.44. The monoisotopic (exact) mass is 334 g/mol. The molecular weight excluding hydrogens is 312 g/mol. The summed E-state index contributed by atoms with van der Waals surface area (Å²) in [7, 11) is 3.09. The minimum atomic E-state index is -0.353. The Morgan fingerprint density at radius 2 is 2.00 bits per heavy atom. The SMILES string of the molecule is COc1cc2c(cc1OC)CC(=O)N(CC(=O)N[C@@H](C)CO)C=C2. The van der Waals surface area contributed by atoms with Gasteiger partial charge in [0.1, 0.15) is 6.54 Å². The molecule has 1 aromatic carbocycles. The molecule has 1 aliphatic rings. The van der Waals surface area contributed by atoms with Crippen LogP contribution in [0.15, 0.2) is 18.3 Å². The van der Waals surface area contributed by atoms with Crippen LogP contribution in [0.5, 0.6) is 11.5 Å². The lowest BCUT2D eigenvalue weighted by molar-refractivity contribution is -0.133. The van der Waals surface area contributed by atoms with E-state index in [1.165, 1.54) is 12.0 Å². The summed E-state index contributed by atoms with van der Waals surface area (Å²) in [4.78, 5) is 25.7. The predicted molar refractivity (Wildman–Crippen MR) is 88.7 cm³/mol. The molecule has 2 rings (SSSR count). The molecule has 0 fully saturated rings. The Hall–Kier alpha value is -2.54. The normalized spacial score (nSPS) is 14.7. The Bertz CT molecular complexity index is 657. The lowest BCUT2D eigenvalue weighted by atomic mass is 10.0. The van der Waals surface area contributed by atoms with Gasteiger partial charge in [-0.05, 0) is 36.3 Å². The molecule has 0 saturated carbocycles. The van der Waals surface area contributed by atoms with Crippen molar-refractivity contribution in [2.45, 2.75) is 19.4 Å².